The molecule has 114 valence electrons. The highest BCUT2D eigenvalue weighted by Gasteiger charge is 2.31. The van der Waals surface area contributed by atoms with E-state index in [9.17, 15) is 9.59 Å². The van der Waals surface area contributed by atoms with Gasteiger partial charge in [-0.25, -0.2) is 0 Å². The lowest BCUT2D eigenvalue weighted by Crippen LogP contribution is -2.36. The van der Waals surface area contributed by atoms with Crippen molar-refractivity contribution in [2.24, 2.45) is 11.8 Å². The van der Waals surface area contributed by atoms with E-state index in [1.54, 1.807) is 0 Å². The Kier molecular flexibility index (Phi) is 4.99. The minimum atomic E-state index is -0.778. The van der Waals surface area contributed by atoms with Crippen molar-refractivity contribution in [2.45, 2.75) is 45.6 Å². The molecule has 1 aromatic carbocycles. The van der Waals surface area contributed by atoms with Gasteiger partial charge in [-0.2, -0.15) is 0 Å². The molecule has 0 spiro atoms. The Morgan fingerprint density at radius 1 is 1.24 bits per heavy atom. The molecule has 4 nitrogen and oxygen atoms in total. The molecule has 0 bridgehead atoms. The summed E-state index contributed by atoms with van der Waals surface area (Å²) in [6.07, 6.45) is 2.75. The van der Waals surface area contributed by atoms with Gasteiger partial charge in [0, 0.05) is 5.92 Å². The van der Waals surface area contributed by atoms with Gasteiger partial charge in [0.25, 0.3) is 0 Å². The second-order valence-corrected chi connectivity index (χ2v) is 5.99. The monoisotopic (exact) mass is 289 g/mol. The summed E-state index contributed by atoms with van der Waals surface area (Å²) < 4.78 is 0. The van der Waals surface area contributed by atoms with Gasteiger partial charge < -0.3 is 10.4 Å². The highest BCUT2D eigenvalue weighted by molar-refractivity contribution is 5.80. The molecule has 1 aromatic rings. The lowest BCUT2D eigenvalue weighted by Gasteiger charge is -2.27. The van der Waals surface area contributed by atoms with Crippen LogP contribution in [0.2, 0.25) is 0 Å². The van der Waals surface area contributed by atoms with Crippen molar-refractivity contribution in [3.8, 4) is 0 Å². The zero-order valence-electron chi connectivity index (χ0n) is 12.6. The highest BCUT2D eigenvalue weighted by atomic mass is 16.4. The molecular formula is C17H23NO3. The van der Waals surface area contributed by atoms with Crippen molar-refractivity contribution in [1.29, 1.82) is 0 Å². The Morgan fingerprint density at radius 2 is 1.90 bits per heavy atom. The molecule has 2 rings (SSSR count). The van der Waals surface area contributed by atoms with Crippen molar-refractivity contribution in [3.63, 3.8) is 0 Å². The summed E-state index contributed by atoms with van der Waals surface area (Å²) in [6.45, 7) is 4.00. The minimum absolute atomic E-state index is 0.0169. The van der Waals surface area contributed by atoms with Gasteiger partial charge >= 0.3 is 5.97 Å². The van der Waals surface area contributed by atoms with Crippen LogP contribution in [-0.4, -0.2) is 17.0 Å². The van der Waals surface area contributed by atoms with E-state index in [4.69, 9.17) is 5.11 Å². The molecule has 1 aliphatic carbocycles. The van der Waals surface area contributed by atoms with Crippen LogP contribution in [0, 0.1) is 18.8 Å². The van der Waals surface area contributed by atoms with Gasteiger partial charge in [-0.15, -0.1) is 0 Å². The topological polar surface area (TPSA) is 66.4 Å². The molecule has 4 heteroatoms. The Hall–Kier alpha value is -1.84. The second kappa shape index (κ2) is 6.74. The van der Waals surface area contributed by atoms with E-state index in [1.165, 1.54) is 0 Å². The number of aryl methyl sites for hydroxylation is 1. The molecule has 0 heterocycles. The average molecular weight is 289 g/mol. The van der Waals surface area contributed by atoms with E-state index in [2.05, 4.69) is 5.32 Å². The van der Waals surface area contributed by atoms with Gasteiger partial charge in [-0.05, 0) is 44.2 Å². The van der Waals surface area contributed by atoms with Crippen molar-refractivity contribution in [1.82, 2.24) is 5.32 Å². The maximum Gasteiger partial charge on any atom is 0.306 e. The maximum absolute atomic E-state index is 12.4. The smallest absolute Gasteiger partial charge is 0.306 e. The number of hydrogen-bond donors (Lipinski definition) is 2. The average Bonchev–Trinajstić information content (AvgIpc) is 2.47. The summed E-state index contributed by atoms with van der Waals surface area (Å²) in [4.78, 5) is 23.4. The van der Waals surface area contributed by atoms with Gasteiger partial charge in [0.2, 0.25) is 5.91 Å². The molecular weight excluding hydrogens is 266 g/mol. The molecule has 3 atom stereocenters. The van der Waals surface area contributed by atoms with Gasteiger partial charge in [-0.1, -0.05) is 30.7 Å². The Balaban J connectivity index is 1.98. The van der Waals surface area contributed by atoms with E-state index in [-0.39, 0.29) is 23.8 Å². The number of amides is 1. The predicted octanol–water partition coefficient (Wildman–Crippen LogP) is 3.06. The number of carboxylic acids is 1. The first-order chi connectivity index (χ1) is 9.99. The van der Waals surface area contributed by atoms with Crippen molar-refractivity contribution < 1.29 is 14.7 Å². The van der Waals surface area contributed by atoms with Crippen LogP contribution in [0.15, 0.2) is 24.3 Å². The fraction of sp³-hybridized carbons (Fsp3) is 0.529. The lowest BCUT2D eigenvalue weighted by molar-refractivity contribution is -0.144. The summed E-state index contributed by atoms with van der Waals surface area (Å²) in [5, 5.41) is 12.1. The molecule has 0 aromatic heterocycles. The number of hydrogen-bond acceptors (Lipinski definition) is 2. The first-order valence-electron chi connectivity index (χ1n) is 7.57. The second-order valence-electron chi connectivity index (χ2n) is 5.99. The normalized spacial score (nSPS) is 23.3. The summed E-state index contributed by atoms with van der Waals surface area (Å²) in [7, 11) is 0. The van der Waals surface area contributed by atoms with Crippen LogP contribution >= 0.6 is 0 Å². The van der Waals surface area contributed by atoms with E-state index >= 15 is 0 Å². The molecule has 0 aliphatic heterocycles. The summed E-state index contributed by atoms with van der Waals surface area (Å²) in [6, 6.07) is 7.93. The quantitative estimate of drug-likeness (QED) is 0.895. The third-order valence-electron chi connectivity index (χ3n) is 4.41. The van der Waals surface area contributed by atoms with Crippen LogP contribution < -0.4 is 5.32 Å². The molecule has 1 aliphatic rings. The number of carboxylic acid groups (broad SMARTS) is 1. The first kappa shape index (κ1) is 15.5. The molecule has 0 radical (unpaired) electrons. The van der Waals surface area contributed by atoms with E-state index in [0.717, 1.165) is 24.0 Å². The van der Waals surface area contributed by atoms with Gasteiger partial charge in [-0.3, -0.25) is 9.59 Å². The third kappa shape index (κ3) is 3.84. The lowest BCUT2D eigenvalue weighted by atomic mass is 9.81. The largest absolute Gasteiger partial charge is 0.481 e. The standard InChI is InChI=1S/C17H23NO3/c1-11-6-3-4-9-15(11)12(2)18-16(19)13-7-5-8-14(10-13)17(20)21/h3-4,6,9,12-14H,5,7-8,10H2,1-2H3,(H,18,19)(H,20,21)/t12-,13+,14+/m0/s1. The van der Waals surface area contributed by atoms with Crippen LogP contribution in [0.4, 0.5) is 0 Å². The molecule has 21 heavy (non-hydrogen) atoms. The summed E-state index contributed by atoms with van der Waals surface area (Å²) >= 11 is 0. The van der Waals surface area contributed by atoms with Gasteiger partial charge in [0.15, 0.2) is 0 Å². The number of carbonyl (C=O) groups excluding carboxylic acids is 1. The fourth-order valence-electron chi connectivity index (χ4n) is 3.13. The minimum Gasteiger partial charge on any atom is -0.481 e. The van der Waals surface area contributed by atoms with Crippen LogP contribution in [-0.2, 0) is 9.59 Å². The zero-order chi connectivity index (χ0) is 15.4. The van der Waals surface area contributed by atoms with Crippen LogP contribution in [0.25, 0.3) is 0 Å². The Labute approximate surface area is 125 Å². The van der Waals surface area contributed by atoms with E-state index < -0.39 is 5.97 Å². The van der Waals surface area contributed by atoms with Crippen molar-refractivity contribution in [3.05, 3.63) is 35.4 Å². The van der Waals surface area contributed by atoms with E-state index in [0.29, 0.717) is 12.8 Å². The number of carbonyl (C=O) groups is 2. The Morgan fingerprint density at radius 3 is 2.57 bits per heavy atom. The highest BCUT2D eigenvalue weighted by Crippen LogP contribution is 2.30. The third-order valence-corrected chi connectivity index (χ3v) is 4.41. The van der Waals surface area contributed by atoms with E-state index in [1.807, 2.05) is 38.1 Å². The van der Waals surface area contributed by atoms with Crippen molar-refractivity contribution >= 4 is 11.9 Å². The van der Waals surface area contributed by atoms with Gasteiger partial charge in [0.1, 0.15) is 0 Å². The molecule has 0 saturated heterocycles. The summed E-state index contributed by atoms with van der Waals surface area (Å²) in [5.74, 6) is -1.34. The van der Waals surface area contributed by atoms with Crippen molar-refractivity contribution in [2.75, 3.05) is 0 Å². The SMILES string of the molecule is Cc1ccccc1[C@H](C)NC(=O)[C@@H]1CCC[C@@H](C(=O)O)C1. The predicted molar refractivity (Wildman–Crippen MR) is 80.8 cm³/mol. The Bertz CT molecular complexity index is 527. The first-order valence-corrected chi connectivity index (χ1v) is 7.57. The van der Waals surface area contributed by atoms with Crippen LogP contribution in [0.5, 0.6) is 0 Å². The number of benzene rings is 1. The van der Waals surface area contributed by atoms with Crippen LogP contribution in [0.1, 0.15) is 49.8 Å². The molecule has 2 N–H and O–H groups in total. The molecule has 1 fully saturated rings. The molecule has 1 amide bonds. The zero-order valence-corrected chi connectivity index (χ0v) is 12.6. The number of rotatable bonds is 4. The van der Waals surface area contributed by atoms with Gasteiger partial charge in [0.05, 0.1) is 12.0 Å². The number of aliphatic carboxylic acids is 1. The maximum atomic E-state index is 12.4. The summed E-state index contributed by atoms with van der Waals surface area (Å²) in [5.41, 5.74) is 2.26. The fourth-order valence-corrected chi connectivity index (χ4v) is 3.13. The molecule has 0 unspecified atom stereocenters. The van der Waals surface area contributed by atoms with Crippen LogP contribution in [0.3, 0.4) is 0 Å². The molecule has 1 saturated carbocycles. The number of nitrogens with one attached hydrogen (secondary N) is 1.